The van der Waals surface area contributed by atoms with Crippen molar-refractivity contribution in [1.29, 1.82) is 0 Å². The Hall–Kier alpha value is -5.46. The summed E-state index contributed by atoms with van der Waals surface area (Å²) >= 11 is 0. The van der Waals surface area contributed by atoms with Crippen LogP contribution in [0, 0.1) is 11.7 Å². The Bertz CT molecular complexity index is 2000. The second-order valence-corrected chi connectivity index (χ2v) is 11.1. The van der Waals surface area contributed by atoms with Crippen molar-refractivity contribution in [2.75, 3.05) is 5.32 Å². The molecule has 6 rings (SSSR count). The summed E-state index contributed by atoms with van der Waals surface area (Å²) in [4.78, 5) is 48.6. The zero-order valence-corrected chi connectivity index (χ0v) is 26.2. The molecule has 4 N–H and O–H groups in total. The number of benzodiazepines with no additional fused rings is 1. The highest BCUT2D eigenvalue weighted by atomic mass is 35.5. The molecule has 0 radical (unpaired) electrons. The maximum atomic E-state index is 15.6. The smallest absolute Gasteiger partial charge is 0.323 e. The van der Waals surface area contributed by atoms with E-state index in [4.69, 9.17) is 10.5 Å². The molecule has 2 atom stereocenters. The van der Waals surface area contributed by atoms with Crippen molar-refractivity contribution in [2.24, 2.45) is 16.6 Å². The highest BCUT2D eigenvalue weighted by Crippen LogP contribution is 2.29. The predicted molar refractivity (Wildman–Crippen MR) is 177 cm³/mol. The number of halogens is 2. The molecule has 3 aromatic carbocycles. The number of fused-ring (bicyclic) bond motifs is 2. The van der Waals surface area contributed by atoms with Crippen LogP contribution in [0.2, 0.25) is 0 Å². The second kappa shape index (κ2) is 13.9. The Morgan fingerprint density at radius 1 is 1.04 bits per heavy atom. The number of para-hydroxylation sites is 1. The Kier molecular flexibility index (Phi) is 9.73. The van der Waals surface area contributed by atoms with Crippen molar-refractivity contribution in [3.63, 3.8) is 0 Å². The largest absolute Gasteiger partial charge is 0.460 e. The number of nitrogens with one attached hydrogen (secondary N) is 2. The summed E-state index contributed by atoms with van der Waals surface area (Å²) in [5.74, 6) is -2.69. The van der Waals surface area contributed by atoms with Gasteiger partial charge < -0.3 is 21.1 Å². The van der Waals surface area contributed by atoms with Gasteiger partial charge in [-0.3, -0.25) is 14.4 Å². The molecule has 1 aliphatic rings. The van der Waals surface area contributed by atoms with Crippen LogP contribution in [0.5, 0.6) is 0 Å². The van der Waals surface area contributed by atoms with Crippen LogP contribution in [0.3, 0.4) is 0 Å². The summed E-state index contributed by atoms with van der Waals surface area (Å²) < 4.78 is 22.2. The fourth-order valence-electron chi connectivity index (χ4n) is 5.02. The minimum Gasteiger partial charge on any atom is -0.460 e. The lowest BCUT2D eigenvalue weighted by molar-refractivity contribution is -0.147. The minimum atomic E-state index is -1.33. The van der Waals surface area contributed by atoms with Gasteiger partial charge in [0.25, 0.3) is 11.8 Å². The van der Waals surface area contributed by atoms with Gasteiger partial charge in [0, 0.05) is 29.1 Å². The quantitative estimate of drug-likeness (QED) is 0.208. The molecule has 13 heteroatoms. The van der Waals surface area contributed by atoms with Gasteiger partial charge in [-0.15, -0.1) is 12.4 Å². The summed E-state index contributed by atoms with van der Waals surface area (Å²) in [5, 5.41) is 10.0. The number of ether oxygens (including phenoxy) is 1. The number of rotatable bonds is 8. The van der Waals surface area contributed by atoms with E-state index in [2.05, 4.69) is 25.7 Å². The summed E-state index contributed by atoms with van der Waals surface area (Å²) in [6, 6.07) is 21.6. The van der Waals surface area contributed by atoms with E-state index in [0.29, 0.717) is 22.5 Å². The van der Waals surface area contributed by atoms with E-state index in [-0.39, 0.29) is 47.4 Å². The average Bonchev–Trinajstić information content (AvgIpc) is 3.38. The molecule has 0 saturated carbocycles. The number of nitrogens with two attached hydrogens (primary N) is 1. The first kappa shape index (κ1) is 32.9. The number of esters is 1. The molecule has 5 aromatic rings. The molecule has 1 aliphatic heterocycles. The highest BCUT2D eigenvalue weighted by Gasteiger charge is 2.31. The third-order valence-electron chi connectivity index (χ3n) is 7.54. The standard InChI is InChI=1S/C34H30FN7O4.ClH/c1-19(2)27(36)34(45)46-18-20-13-14-22(24(35)17-20)29-26(31-37-15-8-16-42(31)41-29)32(43)40-30-33(44)38-25-12-7-6-11-23(25)28(39-30)21-9-4-3-5-10-21;/h3-17,19,27,30H,18,36H2,1-2H3,(H,38,44)(H,40,43);1H/t27-,30+;/m0./s1. The number of amides is 2. The third-order valence-corrected chi connectivity index (χ3v) is 7.54. The lowest BCUT2D eigenvalue weighted by atomic mass is 10.0. The zero-order valence-electron chi connectivity index (χ0n) is 25.4. The van der Waals surface area contributed by atoms with Crippen molar-refractivity contribution < 1.29 is 23.5 Å². The Labute approximate surface area is 275 Å². The predicted octanol–water partition coefficient (Wildman–Crippen LogP) is 4.53. The van der Waals surface area contributed by atoms with Crippen LogP contribution < -0.4 is 16.4 Å². The van der Waals surface area contributed by atoms with Crippen LogP contribution in [0.25, 0.3) is 16.9 Å². The van der Waals surface area contributed by atoms with Gasteiger partial charge in [0.1, 0.15) is 29.7 Å². The number of hydrogen-bond donors (Lipinski definition) is 3. The van der Waals surface area contributed by atoms with E-state index < -0.39 is 35.8 Å². The number of carbonyl (C=O) groups excluding carboxylic acids is 3. The van der Waals surface area contributed by atoms with Crippen molar-refractivity contribution in [3.8, 4) is 11.3 Å². The first-order valence-corrected chi connectivity index (χ1v) is 14.6. The number of nitrogens with zero attached hydrogens (tertiary/aromatic N) is 4. The number of hydrogen-bond acceptors (Lipinski definition) is 8. The molecule has 0 spiro atoms. The molecular weight excluding hydrogens is 625 g/mol. The molecule has 0 aliphatic carbocycles. The molecule has 2 aromatic heterocycles. The molecule has 3 heterocycles. The van der Waals surface area contributed by atoms with Crippen LogP contribution in [0.15, 0.2) is 96.2 Å². The van der Waals surface area contributed by atoms with E-state index in [9.17, 15) is 14.4 Å². The Morgan fingerprint density at radius 2 is 1.79 bits per heavy atom. The molecule has 11 nitrogen and oxygen atoms in total. The van der Waals surface area contributed by atoms with Gasteiger partial charge in [-0.2, -0.15) is 5.10 Å². The van der Waals surface area contributed by atoms with Gasteiger partial charge >= 0.3 is 5.97 Å². The van der Waals surface area contributed by atoms with E-state index >= 15 is 4.39 Å². The van der Waals surface area contributed by atoms with Crippen molar-refractivity contribution in [1.82, 2.24) is 19.9 Å². The van der Waals surface area contributed by atoms with Crippen LogP contribution >= 0.6 is 12.4 Å². The summed E-state index contributed by atoms with van der Waals surface area (Å²) in [6.07, 6.45) is 1.72. The number of benzene rings is 3. The fourth-order valence-corrected chi connectivity index (χ4v) is 5.02. The maximum Gasteiger partial charge on any atom is 0.323 e. The van der Waals surface area contributed by atoms with Gasteiger partial charge in [0.05, 0.1) is 11.4 Å². The lowest BCUT2D eigenvalue weighted by Crippen LogP contribution is -2.42. The van der Waals surface area contributed by atoms with Gasteiger partial charge in [-0.1, -0.05) is 68.4 Å². The molecule has 0 fully saturated rings. The van der Waals surface area contributed by atoms with E-state index in [1.165, 1.54) is 22.8 Å². The summed E-state index contributed by atoms with van der Waals surface area (Å²) in [6.45, 7) is 3.42. The molecular formula is C34H31ClFN7O4. The van der Waals surface area contributed by atoms with Gasteiger partial charge in [0.15, 0.2) is 5.65 Å². The molecule has 0 bridgehead atoms. The SMILES string of the molecule is CC(C)[C@H](N)C(=O)OCc1ccc(-c2nn3cccnc3c2C(=O)N[C@H]2N=C(c3ccccc3)c3ccccc3NC2=O)c(F)c1.Cl. The monoisotopic (exact) mass is 655 g/mol. The number of carbonyl (C=O) groups is 3. The van der Waals surface area contributed by atoms with E-state index in [0.717, 1.165) is 5.56 Å². The van der Waals surface area contributed by atoms with Gasteiger partial charge in [-0.05, 0) is 35.7 Å². The van der Waals surface area contributed by atoms with Crippen LogP contribution in [0.1, 0.15) is 40.9 Å². The summed E-state index contributed by atoms with van der Waals surface area (Å²) in [5.41, 5.74) is 8.84. The molecule has 0 saturated heterocycles. The highest BCUT2D eigenvalue weighted by molar-refractivity contribution is 6.20. The first-order chi connectivity index (χ1) is 22.2. The van der Waals surface area contributed by atoms with Crippen LogP contribution in [0.4, 0.5) is 10.1 Å². The van der Waals surface area contributed by atoms with Crippen molar-refractivity contribution in [2.45, 2.75) is 32.7 Å². The Morgan fingerprint density at radius 3 is 2.53 bits per heavy atom. The first-order valence-electron chi connectivity index (χ1n) is 14.6. The molecule has 0 unspecified atom stereocenters. The average molecular weight is 656 g/mol. The Balaban J connectivity index is 0.00000433. The number of anilines is 1. The number of aliphatic imine (C=N–C) groups is 1. The summed E-state index contributed by atoms with van der Waals surface area (Å²) in [7, 11) is 0. The van der Waals surface area contributed by atoms with E-state index in [1.807, 2.05) is 42.5 Å². The fraction of sp³-hybridized carbons (Fsp3) is 0.176. The minimum absolute atomic E-state index is 0. The van der Waals surface area contributed by atoms with Crippen LogP contribution in [-0.4, -0.2) is 50.3 Å². The molecule has 240 valence electrons. The lowest BCUT2D eigenvalue weighted by Gasteiger charge is -2.15. The number of aromatic nitrogens is 3. The van der Waals surface area contributed by atoms with Crippen molar-refractivity contribution in [3.05, 3.63) is 119 Å². The second-order valence-electron chi connectivity index (χ2n) is 11.1. The van der Waals surface area contributed by atoms with E-state index in [1.54, 1.807) is 44.3 Å². The van der Waals surface area contributed by atoms with Crippen molar-refractivity contribution >= 4 is 47.2 Å². The molecule has 47 heavy (non-hydrogen) atoms. The van der Waals surface area contributed by atoms with Crippen LogP contribution in [-0.2, 0) is 20.9 Å². The normalized spacial score (nSPS) is 14.7. The maximum absolute atomic E-state index is 15.6. The third kappa shape index (κ3) is 6.74. The van der Waals surface area contributed by atoms with Gasteiger partial charge in [-0.25, -0.2) is 18.9 Å². The molecule has 2 amide bonds. The van der Waals surface area contributed by atoms with Gasteiger partial charge in [0.2, 0.25) is 6.17 Å². The topological polar surface area (TPSA) is 153 Å². The zero-order chi connectivity index (χ0) is 32.4.